The van der Waals surface area contributed by atoms with Crippen LogP contribution in [-0.2, 0) is 17.8 Å². The molecule has 1 heterocycles. The Morgan fingerprint density at radius 1 is 1.27 bits per heavy atom. The number of aromatic nitrogens is 2. The zero-order valence-electron chi connectivity index (χ0n) is 16.8. The zero-order valence-corrected chi connectivity index (χ0v) is 19.1. The van der Waals surface area contributed by atoms with Gasteiger partial charge < -0.3 is 15.4 Å². The van der Waals surface area contributed by atoms with E-state index in [2.05, 4.69) is 34.6 Å². The summed E-state index contributed by atoms with van der Waals surface area (Å²) >= 11 is 0. The number of hydrogen-bond acceptors (Lipinski definition) is 3. The van der Waals surface area contributed by atoms with Gasteiger partial charge in [0.1, 0.15) is 0 Å². The molecule has 1 fully saturated rings. The Labute approximate surface area is 175 Å². The van der Waals surface area contributed by atoms with Crippen molar-refractivity contribution in [2.24, 2.45) is 10.9 Å². The number of aliphatic imine (C=N–C) groups is 1. The van der Waals surface area contributed by atoms with Gasteiger partial charge >= 0.3 is 0 Å². The van der Waals surface area contributed by atoms with E-state index in [1.165, 1.54) is 49.8 Å². The molecule has 0 atom stereocenters. The minimum absolute atomic E-state index is 0. The predicted octanol–water partition coefficient (Wildman–Crippen LogP) is 3.40. The molecule has 0 spiro atoms. The van der Waals surface area contributed by atoms with Crippen molar-refractivity contribution in [1.29, 1.82) is 0 Å². The van der Waals surface area contributed by atoms with E-state index in [9.17, 15) is 0 Å². The predicted molar refractivity (Wildman–Crippen MR) is 118 cm³/mol. The van der Waals surface area contributed by atoms with Gasteiger partial charge in [0.2, 0.25) is 0 Å². The lowest BCUT2D eigenvalue weighted by molar-refractivity contribution is 0.182. The number of guanidine groups is 1. The van der Waals surface area contributed by atoms with Gasteiger partial charge in [0.15, 0.2) is 5.96 Å². The first-order chi connectivity index (χ1) is 12.2. The summed E-state index contributed by atoms with van der Waals surface area (Å²) in [5.74, 6) is 1.83. The summed E-state index contributed by atoms with van der Waals surface area (Å²) in [6.45, 7) is 7.38. The van der Waals surface area contributed by atoms with E-state index >= 15 is 0 Å². The summed E-state index contributed by atoms with van der Waals surface area (Å²) in [4.78, 5) is 4.34. The van der Waals surface area contributed by atoms with Crippen molar-refractivity contribution in [2.45, 2.75) is 65.5 Å². The molecule has 0 amide bonds. The van der Waals surface area contributed by atoms with Crippen LogP contribution in [0.15, 0.2) is 4.99 Å². The van der Waals surface area contributed by atoms with Crippen molar-refractivity contribution in [3.63, 3.8) is 0 Å². The van der Waals surface area contributed by atoms with Crippen LogP contribution in [0.1, 0.15) is 55.5 Å². The largest absolute Gasteiger partial charge is 0.383 e. The average molecular weight is 477 g/mol. The molecule has 1 aliphatic rings. The second-order valence-corrected chi connectivity index (χ2v) is 7.01. The van der Waals surface area contributed by atoms with Crippen molar-refractivity contribution in [3.8, 4) is 0 Å². The first-order valence-electron chi connectivity index (χ1n) is 9.62. The Morgan fingerprint density at radius 3 is 2.65 bits per heavy atom. The lowest BCUT2D eigenvalue weighted by Crippen LogP contribution is -2.37. The van der Waals surface area contributed by atoms with Gasteiger partial charge in [-0.05, 0) is 32.6 Å². The third-order valence-electron chi connectivity index (χ3n) is 5.25. The molecule has 6 nitrogen and oxygen atoms in total. The maximum Gasteiger partial charge on any atom is 0.191 e. The Kier molecular flexibility index (Phi) is 11.2. The first-order valence-corrected chi connectivity index (χ1v) is 9.62. The van der Waals surface area contributed by atoms with Crippen LogP contribution in [0.3, 0.4) is 0 Å². The van der Waals surface area contributed by atoms with Crippen molar-refractivity contribution in [3.05, 3.63) is 17.0 Å². The van der Waals surface area contributed by atoms with Gasteiger partial charge in [0.25, 0.3) is 0 Å². The van der Waals surface area contributed by atoms with Crippen molar-refractivity contribution in [2.75, 3.05) is 27.3 Å². The van der Waals surface area contributed by atoms with Crippen LogP contribution < -0.4 is 10.6 Å². The lowest BCUT2D eigenvalue weighted by Gasteiger charge is -2.13. The number of rotatable bonds is 9. The standard InChI is InChI=1S/C19H35N5O.HI/c1-15-18(16(2)24(23-15)12-13-25-4)14-22-19(20-3)21-11-7-10-17-8-5-6-9-17;/h17H,5-14H2,1-4H3,(H2,20,21,22);1H. The van der Waals surface area contributed by atoms with Gasteiger partial charge in [0.05, 0.1) is 18.8 Å². The van der Waals surface area contributed by atoms with Crippen LogP contribution in [-0.4, -0.2) is 43.0 Å². The highest BCUT2D eigenvalue weighted by molar-refractivity contribution is 14.0. The number of methoxy groups -OCH3 is 1. The molecule has 26 heavy (non-hydrogen) atoms. The molecular formula is C19H36IN5O. The Hall–Kier alpha value is -0.830. The molecule has 0 aliphatic heterocycles. The number of nitrogens with one attached hydrogen (secondary N) is 2. The maximum absolute atomic E-state index is 5.15. The highest BCUT2D eigenvalue weighted by Gasteiger charge is 2.14. The van der Waals surface area contributed by atoms with Gasteiger partial charge in [-0.1, -0.05) is 25.7 Å². The van der Waals surface area contributed by atoms with Crippen molar-refractivity contribution in [1.82, 2.24) is 20.4 Å². The second-order valence-electron chi connectivity index (χ2n) is 7.01. The summed E-state index contributed by atoms with van der Waals surface area (Å²) in [5.41, 5.74) is 3.50. The molecule has 1 saturated carbocycles. The molecular weight excluding hydrogens is 441 g/mol. The number of nitrogens with zero attached hydrogens (tertiary/aromatic N) is 3. The van der Waals surface area contributed by atoms with E-state index < -0.39 is 0 Å². The molecule has 0 saturated heterocycles. The number of hydrogen-bond donors (Lipinski definition) is 2. The summed E-state index contributed by atoms with van der Waals surface area (Å²) in [6.07, 6.45) is 8.28. The maximum atomic E-state index is 5.15. The van der Waals surface area contributed by atoms with E-state index in [1.807, 2.05) is 11.7 Å². The normalized spacial score (nSPS) is 15.2. The highest BCUT2D eigenvalue weighted by Crippen LogP contribution is 2.28. The third-order valence-corrected chi connectivity index (χ3v) is 5.25. The quantitative estimate of drug-likeness (QED) is 0.248. The summed E-state index contributed by atoms with van der Waals surface area (Å²) in [6, 6.07) is 0. The molecule has 2 N–H and O–H groups in total. The SMILES string of the molecule is CN=C(NCCCC1CCCC1)NCc1c(C)nn(CCOC)c1C.I. The molecule has 0 radical (unpaired) electrons. The van der Waals surface area contributed by atoms with Gasteiger partial charge in [0, 0.05) is 38.5 Å². The van der Waals surface area contributed by atoms with E-state index in [4.69, 9.17) is 4.74 Å². The number of halogens is 1. The fourth-order valence-electron chi connectivity index (χ4n) is 3.67. The zero-order chi connectivity index (χ0) is 18.1. The minimum Gasteiger partial charge on any atom is -0.383 e. The van der Waals surface area contributed by atoms with Gasteiger partial charge in [-0.15, -0.1) is 24.0 Å². The molecule has 7 heteroatoms. The molecule has 2 rings (SSSR count). The minimum atomic E-state index is 0. The van der Waals surface area contributed by atoms with Gasteiger partial charge in [-0.25, -0.2) is 0 Å². The van der Waals surface area contributed by atoms with Crippen LogP contribution in [0.5, 0.6) is 0 Å². The average Bonchev–Trinajstić information content (AvgIpc) is 3.22. The topological polar surface area (TPSA) is 63.5 Å². The van der Waals surface area contributed by atoms with E-state index in [0.29, 0.717) is 6.61 Å². The van der Waals surface area contributed by atoms with E-state index in [1.54, 1.807) is 7.11 Å². The Balaban J connectivity index is 0.00000338. The van der Waals surface area contributed by atoms with Gasteiger partial charge in [-0.2, -0.15) is 5.10 Å². The van der Waals surface area contributed by atoms with Crippen LogP contribution in [0, 0.1) is 19.8 Å². The fourth-order valence-corrected chi connectivity index (χ4v) is 3.67. The Morgan fingerprint density at radius 2 is 2.00 bits per heavy atom. The van der Waals surface area contributed by atoms with Crippen molar-refractivity contribution < 1.29 is 4.74 Å². The van der Waals surface area contributed by atoms with Crippen LogP contribution in [0.4, 0.5) is 0 Å². The second kappa shape index (κ2) is 12.5. The molecule has 1 aromatic rings. The Bertz CT molecular complexity index is 552. The summed E-state index contributed by atoms with van der Waals surface area (Å²) in [5, 5.41) is 11.5. The smallest absolute Gasteiger partial charge is 0.191 e. The van der Waals surface area contributed by atoms with E-state index in [0.717, 1.165) is 37.2 Å². The lowest BCUT2D eigenvalue weighted by atomic mass is 10.0. The molecule has 0 bridgehead atoms. The fraction of sp³-hybridized carbons (Fsp3) is 0.789. The van der Waals surface area contributed by atoms with Crippen LogP contribution in [0.25, 0.3) is 0 Å². The first kappa shape index (κ1) is 23.2. The molecule has 150 valence electrons. The molecule has 1 aliphatic carbocycles. The molecule has 0 unspecified atom stereocenters. The van der Waals surface area contributed by atoms with Crippen LogP contribution in [0.2, 0.25) is 0 Å². The van der Waals surface area contributed by atoms with Gasteiger partial charge in [-0.3, -0.25) is 9.67 Å². The van der Waals surface area contributed by atoms with E-state index in [-0.39, 0.29) is 24.0 Å². The summed E-state index contributed by atoms with van der Waals surface area (Å²) in [7, 11) is 3.55. The molecule has 1 aromatic heterocycles. The molecule has 0 aromatic carbocycles. The monoisotopic (exact) mass is 477 g/mol. The number of aryl methyl sites for hydroxylation is 1. The third kappa shape index (κ3) is 7.06. The van der Waals surface area contributed by atoms with Crippen molar-refractivity contribution >= 4 is 29.9 Å². The number of ether oxygens (including phenoxy) is 1. The van der Waals surface area contributed by atoms with Crippen LogP contribution >= 0.6 is 24.0 Å². The summed E-state index contributed by atoms with van der Waals surface area (Å²) < 4.78 is 7.17. The highest BCUT2D eigenvalue weighted by atomic mass is 127.